The van der Waals surface area contributed by atoms with Crippen LogP contribution in [0.25, 0.3) is 0 Å². The quantitative estimate of drug-likeness (QED) is 0.603. The van der Waals surface area contributed by atoms with Crippen molar-refractivity contribution in [1.29, 1.82) is 0 Å². The van der Waals surface area contributed by atoms with Crippen LogP contribution in [0.2, 0.25) is 0 Å². The SMILES string of the molecule is CS(=O)(=O)O.[Yb]. The van der Waals surface area contributed by atoms with Gasteiger partial charge in [-0.05, 0) is 0 Å². The van der Waals surface area contributed by atoms with Gasteiger partial charge in [-0.15, -0.1) is 0 Å². The van der Waals surface area contributed by atoms with Crippen molar-refractivity contribution in [3.05, 3.63) is 0 Å². The van der Waals surface area contributed by atoms with Crippen molar-refractivity contribution in [1.82, 2.24) is 0 Å². The van der Waals surface area contributed by atoms with Crippen LogP contribution in [0.15, 0.2) is 0 Å². The molecule has 0 atom stereocenters. The minimum atomic E-state index is -3.67. The van der Waals surface area contributed by atoms with Gasteiger partial charge in [0.1, 0.15) is 0 Å². The Hall–Kier alpha value is 1.43. The summed E-state index contributed by atoms with van der Waals surface area (Å²) in [6.45, 7) is 0. The standard InChI is InChI=1S/CH4O3S.Yb/c1-5(2,3)4;/h1H3,(H,2,3,4);. The third-order valence-electron chi connectivity index (χ3n) is 0. The van der Waals surface area contributed by atoms with E-state index >= 15 is 0 Å². The van der Waals surface area contributed by atoms with Crippen LogP contribution in [-0.2, 0) is 10.1 Å². The molecule has 0 aliphatic rings. The van der Waals surface area contributed by atoms with Gasteiger partial charge in [-0.2, -0.15) is 8.42 Å². The Bertz CT molecular complexity index is 94.0. The molecular formula is CH4O3SYb. The molecule has 3 nitrogen and oxygen atoms in total. The first kappa shape index (κ1) is 10.4. The van der Waals surface area contributed by atoms with E-state index in [-0.39, 0.29) is 46.9 Å². The normalized spacial score (nSPS) is 9.67. The molecule has 46 valence electrons. The van der Waals surface area contributed by atoms with Crippen molar-refractivity contribution in [2.45, 2.75) is 0 Å². The van der Waals surface area contributed by atoms with Crippen molar-refractivity contribution >= 4 is 10.1 Å². The van der Waals surface area contributed by atoms with Gasteiger partial charge in [0.05, 0.1) is 6.26 Å². The molecule has 0 spiro atoms. The molecule has 0 saturated carbocycles. The summed E-state index contributed by atoms with van der Waals surface area (Å²) in [7, 11) is -3.67. The zero-order chi connectivity index (χ0) is 4.50. The smallest absolute Gasteiger partial charge is 0.261 e. The Labute approximate surface area is 75.1 Å². The van der Waals surface area contributed by atoms with Crippen molar-refractivity contribution in [3.8, 4) is 0 Å². The molecule has 0 aliphatic carbocycles. The van der Waals surface area contributed by atoms with Crippen LogP contribution < -0.4 is 0 Å². The summed E-state index contributed by atoms with van der Waals surface area (Å²) < 4.78 is 25.9. The van der Waals surface area contributed by atoms with Gasteiger partial charge >= 0.3 is 0 Å². The molecule has 6 heavy (non-hydrogen) atoms. The van der Waals surface area contributed by atoms with E-state index in [2.05, 4.69) is 0 Å². The van der Waals surface area contributed by atoms with Crippen LogP contribution >= 0.6 is 0 Å². The molecular weight excluding hydrogens is 265 g/mol. The third-order valence-corrected chi connectivity index (χ3v) is 0. The Morgan fingerprint density at radius 3 is 1.50 bits per heavy atom. The van der Waals surface area contributed by atoms with Crippen LogP contribution in [0.5, 0.6) is 0 Å². The summed E-state index contributed by atoms with van der Waals surface area (Å²) in [5.74, 6) is 0. The van der Waals surface area contributed by atoms with E-state index in [0.29, 0.717) is 6.26 Å². The van der Waals surface area contributed by atoms with Crippen LogP contribution in [0.1, 0.15) is 0 Å². The second kappa shape index (κ2) is 3.43. The molecule has 0 saturated heterocycles. The maximum Gasteiger partial charge on any atom is 0.261 e. The van der Waals surface area contributed by atoms with Crippen LogP contribution in [-0.4, -0.2) is 19.2 Å². The van der Waals surface area contributed by atoms with Crippen LogP contribution in [0.4, 0.5) is 0 Å². The fourth-order valence-electron chi connectivity index (χ4n) is 0. The van der Waals surface area contributed by atoms with Crippen LogP contribution in [0, 0.1) is 46.9 Å². The summed E-state index contributed by atoms with van der Waals surface area (Å²) in [5.41, 5.74) is 0. The summed E-state index contributed by atoms with van der Waals surface area (Å²) in [6, 6.07) is 0. The van der Waals surface area contributed by atoms with Crippen LogP contribution in [0.3, 0.4) is 0 Å². The minimum absolute atomic E-state index is 0. The number of hydrogen-bond donors (Lipinski definition) is 1. The monoisotopic (exact) mass is 270 g/mol. The van der Waals surface area contributed by atoms with Crippen molar-refractivity contribution in [2.24, 2.45) is 0 Å². The molecule has 0 radical (unpaired) electrons. The predicted octanol–water partition coefficient (Wildman–Crippen LogP) is -0.496. The molecule has 0 bridgehead atoms. The topological polar surface area (TPSA) is 54.4 Å². The molecule has 0 aromatic heterocycles. The van der Waals surface area contributed by atoms with Gasteiger partial charge in [-0.3, -0.25) is 4.55 Å². The van der Waals surface area contributed by atoms with Gasteiger partial charge < -0.3 is 0 Å². The minimum Gasteiger partial charge on any atom is -0.286 e. The van der Waals surface area contributed by atoms with Gasteiger partial charge in [-0.1, -0.05) is 0 Å². The molecule has 5 heteroatoms. The average molecular weight is 269 g/mol. The Balaban J connectivity index is 0. The summed E-state index contributed by atoms with van der Waals surface area (Å²) in [5, 5.41) is 0. The average Bonchev–Trinajstić information content (AvgIpc) is 0.722. The maximum atomic E-state index is 9.19. The molecule has 0 fully saturated rings. The summed E-state index contributed by atoms with van der Waals surface area (Å²) >= 11 is 0. The Kier molecular flexibility index (Phi) is 5.96. The molecule has 0 rings (SSSR count). The van der Waals surface area contributed by atoms with E-state index < -0.39 is 10.1 Å². The van der Waals surface area contributed by atoms with Crippen molar-refractivity contribution in [3.63, 3.8) is 0 Å². The fourth-order valence-corrected chi connectivity index (χ4v) is 0. The largest absolute Gasteiger partial charge is 0.286 e. The van der Waals surface area contributed by atoms with E-state index in [1.54, 1.807) is 0 Å². The number of hydrogen-bond acceptors (Lipinski definition) is 2. The van der Waals surface area contributed by atoms with Gasteiger partial charge in [-0.25, -0.2) is 0 Å². The molecule has 0 aliphatic heterocycles. The van der Waals surface area contributed by atoms with Gasteiger partial charge in [0.25, 0.3) is 10.1 Å². The van der Waals surface area contributed by atoms with E-state index in [4.69, 9.17) is 4.55 Å². The third kappa shape index (κ3) is 52.1. The van der Waals surface area contributed by atoms with Crippen molar-refractivity contribution < 1.29 is 59.9 Å². The Morgan fingerprint density at radius 1 is 1.50 bits per heavy atom. The van der Waals surface area contributed by atoms with Gasteiger partial charge in [0, 0.05) is 46.9 Å². The fraction of sp³-hybridized carbons (Fsp3) is 1.00. The summed E-state index contributed by atoms with van der Waals surface area (Å²) in [6.07, 6.45) is 0.715. The molecule has 0 unspecified atom stereocenters. The zero-order valence-electron chi connectivity index (χ0n) is 2.94. The Morgan fingerprint density at radius 2 is 1.50 bits per heavy atom. The van der Waals surface area contributed by atoms with E-state index in [1.807, 2.05) is 0 Å². The van der Waals surface area contributed by atoms with E-state index in [1.165, 1.54) is 0 Å². The molecule has 0 heterocycles. The first-order valence-electron chi connectivity index (χ1n) is 0.924. The molecule has 0 aromatic carbocycles. The molecule has 1 N–H and O–H groups in total. The predicted molar refractivity (Wildman–Crippen MR) is 17.5 cm³/mol. The molecule has 0 aromatic rings. The summed E-state index contributed by atoms with van der Waals surface area (Å²) in [4.78, 5) is 0. The van der Waals surface area contributed by atoms with E-state index in [9.17, 15) is 8.42 Å². The second-order valence-electron chi connectivity index (χ2n) is 0.733. The first-order chi connectivity index (χ1) is 2.00. The van der Waals surface area contributed by atoms with E-state index in [0.717, 1.165) is 0 Å². The van der Waals surface area contributed by atoms with Gasteiger partial charge in [0.15, 0.2) is 0 Å². The second-order valence-corrected chi connectivity index (χ2v) is 2.20. The molecule has 0 amide bonds. The van der Waals surface area contributed by atoms with Crippen molar-refractivity contribution in [2.75, 3.05) is 6.26 Å². The van der Waals surface area contributed by atoms with Gasteiger partial charge in [0.2, 0.25) is 0 Å². The number of rotatable bonds is 0. The maximum absolute atomic E-state index is 9.19. The first-order valence-corrected chi connectivity index (χ1v) is 2.77. The zero-order valence-corrected chi connectivity index (χ0v) is 5.47.